The van der Waals surface area contributed by atoms with Gasteiger partial charge in [-0.3, -0.25) is 4.79 Å². The molecule has 0 bridgehead atoms. The predicted octanol–water partition coefficient (Wildman–Crippen LogP) is 2.58. The molecule has 1 N–H and O–H groups in total. The van der Waals surface area contributed by atoms with Gasteiger partial charge in [0.2, 0.25) is 5.91 Å². The summed E-state index contributed by atoms with van der Waals surface area (Å²) in [7, 11) is -2.30. The van der Waals surface area contributed by atoms with Crippen molar-refractivity contribution >= 4 is 43.2 Å². The number of carbonyl (C=O) groups is 1. The molecule has 0 aliphatic carbocycles. The van der Waals surface area contributed by atoms with E-state index < -0.39 is 21.8 Å². The fourth-order valence-corrected chi connectivity index (χ4v) is 5.41. The molecule has 1 amide bonds. The third kappa shape index (κ3) is 3.57. The Bertz CT molecular complexity index is 878. The van der Waals surface area contributed by atoms with Gasteiger partial charge in [0.05, 0.1) is 16.8 Å². The maximum absolute atomic E-state index is 12.3. The summed E-state index contributed by atoms with van der Waals surface area (Å²) < 4.78 is 38.1. The summed E-state index contributed by atoms with van der Waals surface area (Å²) in [5, 5.41) is 0. The molecule has 0 radical (unpaired) electrons. The topological polar surface area (TPSA) is 81.7 Å². The zero-order valence-corrected chi connectivity index (χ0v) is 15.8. The van der Waals surface area contributed by atoms with Gasteiger partial charge in [-0.15, -0.1) is 11.3 Å². The molecule has 0 saturated heterocycles. The Kier molecular flexibility index (Phi) is 4.84. The van der Waals surface area contributed by atoms with Crippen molar-refractivity contribution in [3.05, 3.63) is 39.7 Å². The average molecular weight is 432 g/mol. The van der Waals surface area contributed by atoms with E-state index in [9.17, 15) is 13.2 Å². The lowest BCUT2D eigenvalue weighted by Gasteiger charge is -2.24. The number of benzene rings is 1. The number of ether oxygens (including phenoxy) is 2. The summed E-state index contributed by atoms with van der Waals surface area (Å²) in [6.45, 7) is 0.121. The lowest BCUT2D eigenvalue weighted by molar-refractivity contribution is -0.124. The van der Waals surface area contributed by atoms with Gasteiger partial charge in [-0.2, -0.15) is 0 Å². The minimum absolute atomic E-state index is 0.0876. The average Bonchev–Trinajstić information content (AvgIpc) is 3.01. The Morgan fingerprint density at radius 3 is 2.83 bits per heavy atom. The van der Waals surface area contributed by atoms with E-state index in [0.29, 0.717) is 21.7 Å². The number of hydrogen-bond donors (Lipinski definition) is 1. The molecular formula is C15H14BrNO5S2. The first-order valence-electron chi connectivity index (χ1n) is 7.01. The number of methoxy groups -OCH3 is 1. The van der Waals surface area contributed by atoms with Crippen molar-refractivity contribution in [3.63, 3.8) is 0 Å². The van der Waals surface area contributed by atoms with E-state index in [-0.39, 0.29) is 10.8 Å². The number of carbonyl (C=O) groups excluding carboxylic acids is 1. The van der Waals surface area contributed by atoms with Crippen LogP contribution in [0.1, 0.15) is 5.56 Å². The number of hydrogen-bond acceptors (Lipinski definition) is 6. The Balaban J connectivity index is 1.72. The van der Waals surface area contributed by atoms with Crippen LogP contribution in [0.3, 0.4) is 0 Å². The molecule has 1 aromatic carbocycles. The third-order valence-corrected chi connectivity index (χ3v) is 7.06. The number of halogens is 1. The van der Waals surface area contributed by atoms with Crippen LogP contribution >= 0.6 is 27.3 Å². The first kappa shape index (κ1) is 17.2. The second-order valence-electron chi connectivity index (χ2n) is 5.21. The van der Waals surface area contributed by atoms with E-state index in [1.165, 1.54) is 6.07 Å². The Morgan fingerprint density at radius 1 is 1.38 bits per heavy atom. The van der Waals surface area contributed by atoms with E-state index in [2.05, 4.69) is 20.7 Å². The van der Waals surface area contributed by atoms with E-state index in [0.717, 1.165) is 16.9 Å². The zero-order chi connectivity index (χ0) is 17.3. The monoisotopic (exact) mass is 431 g/mol. The van der Waals surface area contributed by atoms with Crippen LogP contribution in [-0.4, -0.2) is 28.0 Å². The number of rotatable bonds is 4. The predicted molar refractivity (Wildman–Crippen MR) is 93.0 cm³/mol. The molecule has 0 spiro atoms. The number of nitrogens with one attached hydrogen (secondary N) is 1. The van der Waals surface area contributed by atoms with Gasteiger partial charge in [-0.1, -0.05) is 6.07 Å². The lowest BCUT2D eigenvalue weighted by Crippen LogP contribution is -2.40. The lowest BCUT2D eigenvalue weighted by atomic mass is 9.96. The molecule has 0 fully saturated rings. The molecule has 9 heteroatoms. The van der Waals surface area contributed by atoms with Gasteiger partial charge in [0.1, 0.15) is 22.3 Å². The first-order chi connectivity index (χ1) is 11.4. The summed E-state index contributed by atoms with van der Waals surface area (Å²) >= 11 is 4.25. The standard InChI is InChI=1S/C15H14BrNO5S2/c1-21-11-3-2-9-6-10(8-22-12(9)7-11)15(18)17-24(19,20)14-5-4-13(16)23-14/h2-5,7,10H,6,8H2,1H3,(H,17,18)/t10-/m0/s1. The van der Waals surface area contributed by atoms with Gasteiger partial charge >= 0.3 is 0 Å². The van der Waals surface area contributed by atoms with Crippen LogP contribution in [0.5, 0.6) is 11.5 Å². The molecule has 128 valence electrons. The number of sulfonamides is 1. The SMILES string of the molecule is COc1ccc2c(c1)OC[C@@H](C(=O)NS(=O)(=O)c1ccc(Br)s1)C2. The highest BCUT2D eigenvalue weighted by Crippen LogP contribution is 2.31. The quantitative estimate of drug-likeness (QED) is 0.804. The molecule has 1 aromatic heterocycles. The van der Waals surface area contributed by atoms with Crippen LogP contribution in [0.15, 0.2) is 38.3 Å². The Labute approximate surface area is 152 Å². The summed E-state index contributed by atoms with van der Waals surface area (Å²) in [6, 6.07) is 8.42. The van der Waals surface area contributed by atoms with Crippen molar-refractivity contribution in [2.75, 3.05) is 13.7 Å². The zero-order valence-electron chi connectivity index (χ0n) is 12.6. The highest BCUT2D eigenvalue weighted by Gasteiger charge is 2.30. The highest BCUT2D eigenvalue weighted by atomic mass is 79.9. The van der Waals surface area contributed by atoms with E-state index in [4.69, 9.17) is 9.47 Å². The molecular weight excluding hydrogens is 418 g/mol. The van der Waals surface area contributed by atoms with Gasteiger partial charge in [0, 0.05) is 6.07 Å². The minimum Gasteiger partial charge on any atom is -0.497 e. The summed E-state index contributed by atoms with van der Waals surface area (Å²) in [5.74, 6) is 0.191. The molecule has 0 unspecified atom stereocenters. The molecule has 1 atom stereocenters. The molecule has 24 heavy (non-hydrogen) atoms. The molecule has 2 heterocycles. The minimum atomic E-state index is -3.86. The molecule has 6 nitrogen and oxygen atoms in total. The molecule has 2 aromatic rings. The van der Waals surface area contributed by atoms with Crippen LogP contribution in [-0.2, 0) is 21.2 Å². The van der Waals surface area contributed by atoms with E-state index >= 15 is 0 Å². The molecule has 0 saturated carbocycles. The van der Waals surface area contributed by atoms with Crippen LogP contribution in [0, 0.1) is 5.92 Å². The van der Waals surface area contributed by atoms with Crippen molar-refractivity contribution in [1.29, 1.82) is 0 Å². The summed E-state index contributed by atoms with van der Waals surface area (Å²) in [4.78, 5) is 12.3. The Morgan fingerprint density at radius 2 is 2.17 bits per heavy atom. The second kappa shape index (κ2) is 6.73. The van der Waals surface area contributed by atoms with Crippen molar-refractivity contribution in [1.82, 2.24) is 4.72 Å². The summed E-state index contributed by atoms with van der Waals surface area (Å²) in [6.07, 6.45) is 0.412. The fourth-order valence-electron chi connectivity index (χ4n) is 2.36. The van der Waals surface area contributed by atoms with Crippen molar-refractivity contribution in [2.24, 2.45) is 5.92 Å². The van der Waals surface area contributed by atoms with E-state index in [1.54, 1.807) is 25.3 Å². The van der Waals surface area contributed by atoms with Crippen molar-refractivity contribution < 1.29 is 22.7 Å². The Hall–Kier alpha value is -1.58. The smallest absolute Gasteiger partial charge is 0.273 e. The number of fused-ring (bicyclic) bond motifs is 1. The van der Waals surface area contributed by atoms with E-state index in [1.807, 2.05) is 6.07 Å². The van der Waals surface area contributed by atoms with Crippen LogP contribution < -0.4 is 14.2 Å². The molecule has 3 rings (SSSR count). The van der Waals surface area contributed by atoms with Gasteiger partial charge in [0.15, 0.2) is 0 Å². The maximum atomic E-state index is 12.3. The van der Waals surface area contributed by atoms with Gasteiger partial charge in [0.25, 0.3) is 10.0 Å². The third-order valence-electron chi connectivity index (χ3n) is 3.60. The van der Waals surface area contributed by atoms with Crippen LogP contribution in [0.4, 0.5) is 0 Å². The van der Waals surface area contributed by atoms with Crippen molar-refractivity contribution in [3.8, 4) is 11.5 Å². The van der Waals surface area contributed by atoms with Crippen molar-refractivity contribution in [2.45, 2.75) is 10.6 Å². The van der Waals surface area contributed by atoms with Gasteiger partial charge < -0.3 is 9.47 Å². The molecule has 1 aliphatic rings. The van der Waals surface area contributed by atoms with Crippen LogP contribution in [0.2, 0.25) is 0 Å². The van der Waals surface area contributed by atoms with Crippen LogP contribution in [0.25, 0.3) is 0 Å². The normalized spacial score (nSPS) is 16.8. The number of amides is 1. The van der Waals surface area contributed by atoms with Gasteiger partial charge in [-0.05, 0) is 46.1 Å². The summed E-state index contributed by atoms with van der Waals surface area (Å²) in [5.41, 5.74) is 0.846. The first-order valence-corrected chi connectivity index (χ1v) is 10.1. The largest absolute Gasteiger partial charge is 0.497 e. The second-order valence-corrected chi connectivity index (χ2v) is 9.59. The highest BCUT2D eigenvalue weighted by molar-refractivity contribution is 9.11. The molecule has 1 aliphatic heterocycles. The van der Waals surface area contributed by atoms with Gasteiger partial charge in [-0.25, -0.2) is 13.1 Å². The fraction of sp³-hybridized carbons (Fsp3) is 0.267. The number of thiophene rings is 1. The maximum Gasteiger partial charge on any atom is 0.273 e.